The molecule has 1 aromatic carbocycles. The maximum absolute atomic E-state index is 9.68. The van der Waals surface area contributed by atoms with Crippen molar-refractivity contribution < 1.29 is 5.11 Å². The van der Waals surface area contributed by atoms with Crippen molar-refractivity contribution in [1.29, 1.82) is 0 Å². The fourth-order valence-electron chi connectivity index (χ4n) is 1.33. The van der Waals surface area contributed by atoms with Crippen LogP contribution in [0.2, 0.25) is 0 Å². The Labute approximate surface area is 97.7 Å². The maximum Gasteiger partial charge on any atom is 0.131 e. The predicted octanol–water partition coefficient (Wildman–Crippen LogP) is 2.26. The Morgan fingerprint density at radius 1 is 1.31 bits per heavy atom. The second-order valence-corrected chi connectivity index (χ2v) is 4.81. The molecule has 0 spiro atoms. The van der Waals surface area contributed by atoms with Gasteiger partial charge < -0.3 is 10.4 Å². The molecular formula is C14H19NO. The summed E-state index contributed by atoms with van der Waals surface area (Å²) in [5.41, 5.74) is 1.95. The molecule has 0 radical (unpaired) electrons. The van der Waals surface area contributed by atoms with Gasteiger partial charge in [-0.1, -0.05) is 38.7 Å². The first-order valence-electron chi connectivity index (χ1n) is 5.42. The van der Waals surface area contributed by atoms with Gasteiger partial charge in [0.05, 0.1) is 12.1 Å². The van der Waals surface area contributed by atoms with Gasteiger partial charge in [0.15, 0.2) is 0 Å². The van der Waals surface area contributed by atoms with Gasteiger partial charge in [0, 0.05) is 0 Å². The van der Waals surface area contributed by atoms with E-state index in [0.29, 0.717) is 12.1 Å². The van der Waals surface area contributed by atoms with E-state index in [1.807, 2.05) is 19.2 Å². The van der Waals surface area contributed by atoms with E-state index in [4.69, 9.17) is 0 Å². The molecule has 0 saturated heterocycles. The molecule has 2 N–H and O–H groups in total. The molecular weight excluding hydrogens is 198 g/mol. The molecule has 0 heterocycles. The fourth-order valence-corrected chi connectivity index (χ4v) is 1.33. The Hall–Kier alpha value is -1.46. The molecule has 0 aromatic heterocycles. The summed E-state index contributed by atoms with van der Waals surface area (Å²) in [5, 5.41) is 12.6. The summed E-state index contributed by atoms with van der Waals surface area (Å²) in [6.07, 6.45) is 0. The van der Waals surface area contributed by atoms with Crippen LogP contribution in [0.5, 0.6) is 5.75 Å². The number of phenols is 1. The molecule has 0 fully saturated rings. The quantitative estimate of drug-likeness (QED) is 0.707. The molecule has 16 heavy (non-hydrogen) atoms. The van der Waals surface area contributed by atoms with E-state index in [0.717, 1.165) is 0 Å². The van der Waals surface area contributed by atoms with E-state index in [1.54, 1.807) is 6.07 Å². The lowest BCUT2D eigenvalue weighted by Gasteiger charge is -2.19. The van der Waals surface area contributed by atoms with Gasteiger partial charge in [-0.05, 0) is 30.2 Å². The summed E-state index contributed by atoms with van der Waals surface area (Å²) in [7, 11) is 1.85. The predicted molar refractivity (Wildman–Crippen MR) is 67.6 cm³/mol. The summed E-state index contributed by atoms with van der Waals surface area (Å²) >= 11 is 0. The molecule has 0 aliphatic carbocycles. The van der Waals surface area contributed by atoms with Crippen LogP contribution in [0.15, 0.2) is 18.2 Å². The van der Waals surface area contributed by atoms with Crippen LogP contribution in [-0.2, 0) is 5.41 Å². The number of benzene rings is 1. The Bertz CT molecular complexity index is 419. The van der Waals surface area contributed by atoms with E-state index in [9.17, 15) is 5.11 Å². The molecule has 0 bridgehead atoms. The molecule has 0 amide bonds. The van der Waals surface area contributed by atoms with Crippen molar-refractivity contribution in [3.05, 3.63) is 29.3 Å². The number of hydrogen-bond acceptors (Lipinski definition) is 2. The van der Waals surface area contributed by atoms with E-state index >= 15 is 0 Å². The highest BCUT2D eigenvalue weighted by molar-refractivity contribution is 5.48. The van der Waals surface area contributed by atoms with E-state index in [2.05, 4.69) is 37.9 Å². The van der Waals surface area contributed by atoms with Crippen LogP contribution >= 0.6 is 0 Å². The zero-order valence-corrected chi connectivity index (χ0v) is 10.4. The summed E-state index contributed by atoms with van der Waals surface area (Å²) in [4.78, 5) is 0. The van der Waals surface area contributed by atoms with Gasteiger partial charge in [-0.15, -0.1) is 0 Å². The minimum absolute atomic E-state index is 0.0765. The average molecular weight is 217 g/mol. The SMILES string of the molecule is CNCC#Cc1cc(C(C)(C)C)ccc1O. The molecule has 86 valence electrons. The summed E-state index contributed by atoms with van der Waals surface area (Å²) in [6, 6.07) is 5.61. The Morgan fingerprint density at radius 2 is 2.00 bits per heavy atom. The third-order valence-electron chi connectivity index (χ3n) is 2.35. The Balaban J connectivity index is 3.06. The van der Waals surface area contributed by atoms with Gasteiger partial charge in [-0.3, -0.25) is 0 Å². The minimum Gasteiger partial charge on any atom is -0.507 e. The van der Waals surface area contributed by atoms with Crippen LogP contribution in [0.4, 0.5) is 0 Å². The van der Waals surface area contributed by atoms with E-state index in [-0.39, 0.29) is 11.2 Å². The molecule has 0 unspecified atom stereocenters. The van der Waals surface area contributed by atoms with Crippen LogP contribution in [0.3, 0.4) is 0 Å². The highest BCUT2D eigenvalue weighted by atomic mass is 16.3. The van der Waals surface area contributed by atoms with Gasteiger partial charge >= 0.3 is 0 Å². The maximum atomic E-state index is 9.68. The summed E-state index contributed by atoms with van der Waals surface area (Å²) in [5.74, 6) is 6.16. The fraction of sp³-hybridized carbons (Fsp3) is 0.429. The van der Waals surface area contributed by atoms with Crippen LogP contribution in [0.25, 0.3) is 0 Å². The van der Waals surface area contributed by atoms with Gasteiger partial charge in [-0.25, -0.2) is 0 Å². The topological polar surface area (TPSA) is 32.3 Å². The third-order valence-corrected chi connectivity index (χ3v) is 2.35. The van der Waals surface area contributed by atoms with Gasteiger partial charge in [0.2, 0.25) is 0 Å². The summed E-state index contributed by atoms with van der Waals surface area (Å²) < 4.78 is 0. The molecule has 2 nitrogen and oxygen atoms in total. The van der Waals surface area contributed by atoms with Crippen LogP contribution < -0.4 is 5.32 Å². The second-order valence-electron chi connectivity index (χ2n) is 4.81. The lowest BCUT2D eigenvalue weighted by molar-refractivity contribution is 0.472. The zero-order valence-electron chi connectivity index (χ0n) is 10.4. The first kappa shape index (κ1) is 12.6. The average Bonchev–Trinajstić information content (AvgIpc) is 2.19. The minimum atomic E-state index is 0.0765. The third kappa shape index (κ3) is 3.29. The van der Waals surface area contributed by atoms with Crippen molar-refractivity contribution in [3.8, 4) is 17.6 Å². The largest absolute Gasteiger partial charge is 0.507 e. The van der Waals surface area contributed by atoms with Crippen molar-refractivity contribution in [2.75, 3.05) is 13.6 Å². The number of hydrogen-bond donors (Lipinski definition) is 2. The van der Waals surface area contributed by atoms with Gasteiger partial charge in [-0.2, -0.15) is 0 Å². The molecule has 2 heteroatoms. The van der Waals surface area contributed by atoms with E-state index in [1.165, 1.54) is 5.56 Å². The monoisotopic (exact) mass is 217 g/mol. The Kier molecular flexibility index (Phi) is 3.98. The molecule has 0 aliphatic heterocycles. The van der Waals surface area contributed by atoms with Gasteiger partial charge in [0.1, 0.15) is 5.75 Å². The standard InChI is InChI=1S/C14H19NO/c1-14(2,3)12-7-8-13(16)11(10-12)6-5-9-15-4/h7-8,10,15-16H,9H2,1-4H3. The van der Waals surface area contributed by atoms with Crippen LogP contribution in [0.1, 0.15) is 31.9 Å². The van der Waals surface area contributed by atoms with E-state index < -0.39 is 0 Å². The van der Waals surface area contributed by atoms with Gasteiger partial charge in [0.25, 0.3) is 0 Å². The first-order valence-corrected chi connectivity index (χ1v) is 5.42. The van der Waals surface area contributed by atoms with Crippen molar-refractivity contribution in [1.82, 2.24) is 5.32 Å². The molecule has 0 aliphatic rings. The number of nitrogens with one attached hydrogen (secondary N) is 1. The Morgan fingerprint density at radius 3 is 2.56 bits per heavy atom. The number of aromatic hydroxyl groups is 1. The second kappa shape index (κ2) is 5.05. The van der Waals surface area contributed by atoms with Crippen LogP contribution in [-0.4, -0.2) is 18.7 Å². The van der Waals surface area contributed by atoms with Crippen molar-refractivity contribution >= 4 is 0 Å². The highest BCUT2D eigenvalue weighted by Gasteiger charge is 2.14. The zero-order chi connectivity index (χ0) is 12.2. The molecule has 1 aromatic rings. The molecule has 1 rings (SSSR count). The normalized spacial score (nSPS) is 10.8. The smallest absolute Gasteiger partial charge is 0.131 e. The van der Waals surface area contributed by atoms with Crippen molar-refractivity contribution in [2.24, 2.45) is 0 Å². The summed E-state index contributed by atoms with van der Waals surface area (Å²) in [6.45, 7) is 7.05. The number of phenolic OH excluding ortho intramolecular Hbond substituents is 1. The lowest BCUT2D eigenvalue weighted by Crippen LogP contribution is -2.11. The highest BCUT2D eigenvalue weighted by Crippen LogP contribution is 2.26. The first-order chi connectivity index (χ1) is 7.45. The molecule has 0 saturated carbocycles. The molecule has 0 atom stereocenters. The van der Waals surface area contributed by atoms with Crippen molar-refractivity contribution in [2.45, 2.75) is 26.2 Å². The number of rotatable bonds is 1. The van der Waals surface area contributed by atoms with Crippen LogP contribution in [0, 0.1) is 11.8 Å². The van der Waals surface area contributed by atoms with Crippen molar-refractivity contribution in [3.63, 3.8) is 0 Å². The lowest BCUT2D eigenvalue weighted by atomic mass is 9.86.